The van der Waals surface area contributed by atoms with E-state index in [0.717, 1.165) is 46.6 Å². The molecule has 2 aliphatic heterocycles. The summed E-state index contributed by atoms with van der Waals surface area (Å²) in [7, 11) is 4.73. The van der Waals surface area contributed by atoms with Gasteiger partial charge in [0.15, 0.2) is 12.6 Å². The van der Waals surface area contributed by atoms with Crippen molar-refractivity contribution >= 4 is 29.2 Å². The standard InChI is InChI=1S/C28H32N4O5S/c1-34-18-32-23-16-20(4-9-24(23)38-26-25(32)29-12-13-30-26)17-31-14-10-28(11-15-31,27(33)36-3)21-5-7-22(8-6-21)37-19-35-2/h4-9,12-13,16H,10-11,14-15,17-19H2,1-3H3. The Bertz CT molecular complexity index is 1260. The highest BCUT2D eigenvalue weighted by Crippen LogP contribution is 2.46. The number of aromatic nitrogens is 2. The third-order valence-electron chi connectivity index (χ3n) is 7.12. The average Bonchev–Trinajstić information content (AvgIpc) is 2.96. The fourth-order valence-corrected chi connectivity index (χ4v) is 6.15. The molecule has 200 valence electrons. The van der Waals surface area contributed by atoms with Gasteiger partial charge in [0.1, 0.15) is 17.5 Å². The van der Waals surface area contributed by atoms with Crippen LogP contribution in [-0.2, 0) is 31.0 Å². The summed E-state index contributed by atoms with van der Waals surface area (Å²) in [5.41, 5.74) is 2.55. The number of fused-ring (bicyclic) bond motifs is 2. The molecule has 1 fully saturated rings. The van der Waals surface area contributed by atoms with Crippen molar-refractivity contribution in [3.8, 4) is 5.75 Å². The molecule has 9 nitrogen and oxygen atoms in total. The third-order valence-corrected chi connectivity index (χ3v) is 8.17. The maximum absolute atomic E-state index is 13.0. The van der Waals surface area contributed by atoms with Gasteiger partial charge >= 0.3 is 5.97 Å². The van der Waals surface area contributed by atoms with Crippen molar-refractivity contribution in [2.75, 3.05) is 52.8 Å². The number of anilines is 2. The Kier molecular flexibility index (Phi) is 8.13. The van der Waals surface area contributed by atoms with Crippen molar-refractivity contribution in [3.63, 3.8) is 0 Å². The fourth-order valence-electron chi connectivity index (χ4n) is 5.17. The molecule has 10 heteroatoms. The summed E-state index contributed by atoms with van der Waals surface area (Å²) in [5.74, 6) is 1.32. The lowest BCUT2D eigenvalue weighted by Crippen LogP contribution is -2.47. The van der Waals surface area contributed by atoms with Crippen LogP contribution in [0.4, 0.5) is 11.5 Å². The lowest BCUT2D eigenvalue weighted by atomic mass is 9.72. The molecule has 2 aliphatic rings. The molecule has 0 aliphatic carbocycles. The molecule has 3 heterocycles. The molecule has 0 N–H and O–H groups in total. The highest BCUT2D eigenvalue weighted by Gasteiger charge is 2.44. The van der Waals surface area contributed by atoms with E-state index in [-0.39, 0.29) is 12.8 Å². The molecule has 2 aromatic carbocycles. The molecule has 1 saturated heterocycles. The number of likely N-dealkylation sites (tertiary alicyclic amines) is 1. The van der Waals surface area contributed by atoms with Crippen LogP contribution < -0.4 is 9.64 Å². The third kappa shape index (κ3) is 5.22. The molecule has 1 aromatic heterocycles. The second-order valence-electron chi connectivity index (χ2n) is 9.36. The number of carbonyl (C=O) groups is 1. The molecule has 0 unspecified atom stereocenters. The molecule has 0 radical (unpaired) electrons. The highest BCUT2D eigenvalue weighted by atomic mass is 32.2. The van der Waals surface area contributed by atoms with Gasteiger partial charge in [0.2, 0.25) is 0 Å². The number of carbonyl (C=O) groups excluding carboxylic acids is 1. The molecule has 0 saturated carbocycles. The monoisotopic (exact) mass is 536 g/mol. The molecule has 0 spiro atoms. The highest BCUT2D eigenvalue weighted by molar-refractivity contribution is 7.99. The SMILES string of the molecule is COCOc1ccc(C2(C(=O)OC)CCN(Cc3ccc4c(c3)N(COC)c3nccnc3S4)CC2)cc1. The van der Waals surface area contributed by atoms with Crippen LogP contribution in [0.15, 0.2) is 64.8 Å². The van der Waals surface area contributed by atoms with Gasteiger partial charge in [-0.2, -0.15) is 0 Å². The Morgan fingerprint density at radius 3 is 2.47 bits per heavy atom. The Morgan fingerprint density at radius 1 is 1.00 bits per heavy atom. The quantitative estimate of drug-likeness (QED) is 0.290. The van der Waals surface area contributed by atoms with E-state index in [9.17, 15) is 4.79 Å². The van der Waals surface area contributed by atoms with Crippen molar-refractivity contribution < 1.29 is 23.7 Å². The summed E-state index contributed by atoms with van der Waals surface area (Å²) < 4.78 is 21.3. The smallest absolute Gasteiger partial charge is 0.316 e. The molecule has 5 rings (SSSR count). The Balaban J connectivity index is 1.31. The minimum Gasteiger partial charge on any atom is -0.468 e. The van der Waals surface area contributed by atoms with Crippen LogP contribution in [-0.4, -0.2) is 68.8 Å². The lowest BCUT2D eigenvalue weighted by molar-refractivity contribution is -0.149. The minimum atomic E-state index is -0.671. The first-order chi connectivity index (χ1) is 18.6. The number of piperidine rings is 1. The molecule has 0 bridgehead atoms. The van der Waals surface area contributed by atoms with E-state index in [1.165, 1.54) is 12.7 Å². The van der Waals surface area contributed by atoms with Crippen LogP contribution in [0.3, 0.4) is 0 Å². The number of hydrogen-bond acceptors (Lipinski definition) is 10. The summed E-state index contributed by atoms with van der Waals surface area (Å²) in [6.45, 7) is 2.91. The Hall–Kier alpha value is -3.18. The van der Waals surface area contributed by atoms with Gasteiger partial charge < -0.3 is 18.9 Å². The number of benzene rings is 2. The second kappa shape index (κ2) is 11.7. The molecular weight excluding hydrogens is 504 g/mol. The molecule has 38 heavy (non-hydrogen) atoms. The van der Waals surface area contributed by atoms with Gasteiger partial charge in [-0.05, 0) is 61.3 Å². The van der Waals surface area contributed by atoms with Gasteiger partial charge in [0.25, 0.3) is 0 Å². The van der Waals surface area contributed by atoms with E-state index in [0.29, 0.717) is 25.3 Å². The number of ether oxygens (including phenoxy) is 4. The van der Waals surface area contributed by atoms with Gasteiger partial charge in [-0.1, -0.05) is 30.0 Å². The number of methoxy groups -OCH3 is 3. The van der Waals surface area contributed by atoms with E-state index in [1.54, 1.807) is 38.4 Å². The predicted octanol–water partition coefficient (Wildman–Crippen LogP) is 4.37. The summed E-state index contributed by atoms with van der Waals surface area (Å²) in [4.78, 5) is 27.7. The molecule has 0 atom stereocenters. The summed E-state index contributed by atoms with van der Waals surface area (Å²) >= 11 is 1.62. The Morgan fingerprint density at radius 2 is 1.76 bits per heavy atom. The normalized spacial score (nSPS) is 16.4. The molecule has 3 aromatic rings. The predicted molar refractivity (Wildman–Crippen MR) is 144 cm³/mol. The van der Waals surface area contributed by atoms with Crippen molar-refractivity contribution in [1.82, 2.24) is 14.9 Å². The topological polar surface area (TPSA) is 86.3 Å². The Labute approximate surface area is 227 Å². The zero-order chi connectivity index (χ0) is 26.5. The van der Waals surface area contributed by atoms with Gasteiger partial charge in [-0.25, -0.2) is 9.97 Å². The number of esters is 1. The van der Waals surface area contributed by atoms with Crippen molar-refractivity contribution in [1.29, 1.82) is 0 Å². The van der Waals surface area contributed by atoms with E-state index < -0.39 is 5.41 Å². The summed E-state index contributed by atoms with van der Waals surface area (Å²) in [5, 5.41) is 0.873. The summed E-state index contributed by atoms with van der Waals surface area (Å²) in [6, 6.07) is 14.2. The largest absolute Gasteiger partial charge is 0.468 e. The van der Waals surface area contributed by atoms with Gasteiger partial charge in [0.05, 0.1) is 18.2 Å². The number of rotatable bonds is 9. The van der Waals surface area contributed by atoms with Crippen LogP contribution in [0.5, 0.6) is 5.75 Å². The zero-order valence-electron chi connectivity index (χ0n) is 21.9. The first-order valence-electron chi connectivity index (χ1n) is 12.5. The van der Waals surface area contributed by atoms with Crippen molar-refractivity contribution in [3.05, 3.63) is 66.0 Å². The fraction of sp³-hybridized carbons (Fsp3) is 0.393. The van der Waals surface area contributed by atoms with Gasteiger partial charge in [-0.3, -0.25) is 14.6 Å². The number of nitrogens with zero attached hydrogens (tertiary/aromatic N) is 4. The number of hydrogen-bond donors (Lipinski definition) is 0. The maximum Gasteiger partial charge on any atom is 0.316 e. The van der Waals surface area contributed by atoms with E-state index in [2.05, 4.69) is 38.0 Å². The van der Waals surface area contributed by atoms with Crippen LogP contribution in [0, 0.1) is 0 Å². The van der Waals surface area contributed by atoms with Crippen LogP contribution in [0.1, 0.15) is 24.0 Å². The van der Waals surface area contributed by atoms with Crippen LogP contribution in [0.2, 0.25) is 0 Å². The first-order valence-corrected chi connectivity index (χ1v) is 13.3. The van der Waals surface area contributed by atoms with E-state index in [1.807, 2.05) is 24.3 Å². The van der Waals surface area contributed by atoms with Crippen LogP contribution in [0.25, 0.3) is 0 Å². The van der Waals surface area contributed by atoms with E-state index in [4.69, 9.17) is 18.9 Å². The van der Waals surface area contributed by atoms with Crippen molar-refractivity contribution in [2.24, 2.45) is 0 Å². The van der Waals surface area contributed by atoms with E-state index >= 15 is 0 Å². The first kappa shape index (κ1) is 26.4. The van der Waals surface area contributed by atoms with Gasteiger partial charge in [-0.15, -0.1) is 0 Å². The zero-order valence-corrected chi connectivity index (χ0v) is 22.7. The van der Waals surface area contributed by atoms with Gasteiger partial charge in [0, 0.05) is 38.1 Å². The second-order valence-corrected chi connectivity index (χ2v) is 10.4. The molecule has 0 amide bonds. The van der Waals surface area contributed by atoms with Crippen molar-refractivity contribution in [2.45, 2.75) is 34.7 Å². The molecular formula is C28H32N4O5S. The van der Waals surface area contributed by atoms with Crippen LogP contribution >= 0.6 is 11.8 Å². The maximum atomic E-state index is 13.0. The lowest BCUT2D eigenvalue weighted by Gasteiger charge is -2.40. The summed E-state index contributed by atoms with van der Waals surface area (Å²) in [6.07, 6.45) is 4.78. The minimum absolute atomic E-state index is 0.182. The average molecular weight is 537 g/mol.